The Labute approximate surface area is 191 Å². The van der Waals surface area contributed by atoms with Crippen molar-refractivity contribution in [2.75, 3.05) is 13.1 Å². The molecule has 0 atom stereocenters. The Kier molecular flexibility index (Phi) is 5.56. The largest absolute Gasteiger partial charge is 0.334 e. The molecule has 33 heavy (non-hydrogen) atoms. The van der Waals surface area contributed by atoms with Crippen molar-refractivity contribution in [3.63, 3.8) is 0 Å². The fraction of sp³-hybridized carbons (Fsp3) is 0.240. The first-order valence-corrected chi connectivity index (χ1v) is 11.0. The zero-order chi connectivity index (χ0) is 22.8. The predicted octanol–water partition coefficient (Wildman–Crippen LogP) is 4.12. The van der Waals surface area contributed by atoms with Crippen molar-refractivity contribution in [3.05, 3.63) is 83.6 Å². The lowest BCUT2D eigenvalue weighted by Gasteiger charge is -2.26. The van der Waals surface area contributed by atoms with Crippen LogP contribution >= 0.6 is 0 Å². The maximum absolute atomic E-state index is 13.2. The van der Waals surface area contributed by atoms with Crippen molar-refractivity contribution in [1.82, 2.24) is 29.8 Å². The van der Waals surface area contributed by atoms with Crippen LogP contribution in [0.3, 0.4) is 0 Å². The number of hydrogen-bond donors (Lipinski definition) is 0. The second-order valence-electron chi connectivity index (χ2n) is 7.92. The van der Waals surface area contributed by atoms with Crippen LogP contribution in [-0.2, 0) is 6.42 Å². The molecule has 1 aromatic carbocycles. The van der Waals surface area contributed by atoms with Crippen molar-refractivity contribution in [1.29, 1.82) is 0 Å². The summed E-state index contributed by atoms with van der Waals surface area (Å²) < 4.78 is 7.01. The fourth-order valence-corrected chi connectivity index (χ4v) is 3.97. The lowest BCUT2D eigenvalue weighted by atomic mass is 9.99. The summed E-state index contributed by atoms with van der Waals surface area (Å²) in [5.41, 5.74) is 4.56. The van der Waals surface area contributed by atoms with Crippen LogP contribution in [0.15, 0.2) is 65.5 Å². The van der Waals surface area contributed by atoms with Gasteiger partial charge in [0.1, 0.15) is 0 Å². The summed E-state index contributed by atoms with van der Waals surface area (Å²) in [5, 5.41) is 8.40. The standard InChI is InChI=1S/C25H24N6O2/c1-3-22-28-24(33-29-22)20-9-12-26-23(15-20)31-17(2)21(16-27-31)25(32)30-13-10-19(11-14-30)18-7-5-4-6-8-18/h4-10,12,15-16H,3,11,13-14H2,1-2H3. The molecule has 166 valence electrons. The third-order valence-corrected chi connectivity index (χ3v) is 5.87. The highest BCUT2D eigenvalue weighted by atomic mass is 16.5. The Morgan fingerprint density at radius 1 is 1.15 bits per heavy atom. The van der Waals surface area contributed by atoms with Gasteiger partial charge in [-0.3, -0.25) is 4.79 Å². The molecule has 8 heteroatoms. The summed E-state index contributed by atoms with van der Waals surface area (Å²) in [6.07, 6.45) is 6.95. The number of rotatable bonds is 5. The highest BCUT2D eigenvalue weighted by Crippen LogP contribution is 2.25. The molecule has 0 radical (unpaired) electrons. The van der Waals surface area contributed by atoms with Gasteiger partial charge in [0.2, 0.25) is 0 Å². The third kappa shape index (κ3) is 4.07. The van der Waals surface area contributed by atoms with E-state index in [-0.39, 0.29) is 5.91 Å². The molecule has 8 nitrogen and oxygen atoms in total. The smallest absolute Gasteiger partial charge is 0.258 e. The number of hydrogen-bond acceptors (Lipinski definition) is 6. The number of aromatic nitrogens is 5. The molecule has 1 aliphatic rings. The molecular weight excluding hydrogens is 416 g/mol. The summed E-state index contributed by atoms with van der Waals surface area (Å²) in [6.45, 7) is 5.11. The third-order valence-electron chi connectivity index (χ3n) is 5.87. The lowest BCUT2D eigenvalue weighted by Crippen LogP contribution is -2.34. The quantitative estimate of drug-likeness (QED) is 0.464. The van der Waals surface area contributed by atoms with Gasteiger partial charge in [-0.15, -0.1) is 0 Å². The molecule has 0 fully saturated rings. The first-order chi connectivity index (χ1) is 16.1. The number of amides is 1. The number of carbonyl (C=O) groups excluding carboxylic acids is 1. The molecule has 4 heterocycles. The second kappa shape index (κ2) is 8.82. The van der Waals surface area contributed by atoms with Crippen molar-refractivity contribution in [2.45, 2.75) is 26.7 Å². The van der Waals surface area contributed by atoms with Gasteiger partial charge in [-0.05, 0) is 36.6 Å². The van der Waals surface area contributed by atoms with E-state index < -0.39 is 0 Å². The maximum atomic E-state index is 13.2. The molecule has 0 unspecified atom stereocenters. The van der Waals surface area contributed by atoms with Crippen molar-refractivity contribution >= 4 is 11.5 Å². The van der Waals surface area contributed by atoms with E-state index in [1.165, 1.54) is 11.1 Å². The monoisotopic (exact) mass is 440 g/mol. The Bertz CT molecular complexity index is 1320. The molecule has 0 bridgehead atoms. The number of nitrogens with zero attached hydrogens (tertiary/aromatic N) is 6. The van der Waals surface area contributed by atoms with Gasteiger partial charge in [-0.1, -0.05) is 48.5 Å². The topological polar surface area (TPSA) is 89.9 Å². The normalized spacial score (nSPS) is 13.8. The Hall–Kier alpha value is -4.07. The Balaban J connectivity index is 1.36. The zero-order valence-electron chi connectivity index (χ0n) is 18.6. The molecule has 1 aliphatic heterocycles. The molecular formula is C25H24N6O2. The van der Waals surface area contributed by atoms with Crippen LogP contribution in [0.25, 0.3) is 22.8 Å². The molecule has 0 aliphatic carbocycles. The van der Waals surface area contributed by atoms with Crippen LogP contribution in [-0.4, -0.2) is 48.8 Å². The summed E-state index contributed by atoms with van der Waals surface area (Å²) in [7, 11) is 0. The lowest BCUT2D eigenvalue weighted by molar-refractivity contribution is 0.0772. The van der Waals surface area contributed by atoms with Gasteiger partial charge in [0.05, 0.1) is 17.5 Å². The summed E-state index contributed by atoms with van der Waals surface area (Å²) in [4.78, 5) is 23.9. The maximum Gasteiger partial charge on any atom is 0.258 e. The Morgan fingerprint density at radius 2 is 2.00 bits per heavy atom. The highest BCUT2D eigenvalue weighted by Gasteiger charge is 2.23. The second-order valence-corrected chi connectivity index (χ2v) is 7.92. The molecule has 5 rings (SSSR count). The van der Waals surface area contributed by atoms with Crippen LogP contribution in [0, 0.1) is 6.92 Å². The number of pyridine rings is 1. The molecule has 3 aromatic heterocycles. The van der Waals surface area contributed by atoms with E-state index in [1.807, 2.05) is 49.1 Å². The molecule has 4 aromatic rings. The highest BCUT2D eigenvalue weighted by molar-refractivity contribution is 5.95. The number of carbonyl (C=O) groups is 1. The minimum atomic E-state index is -0.0252. The van der Waals surface area contributed by atoms with E-state index in [0.717, 1.165) is 17.7 Å². The van der Waals surface area contributed by atoms with Crippen LogP contribution in [0.1, 0.15) is 40.8 Å². The van der Waals surface area contributed by atoms with Crippen LogP contribution in [0.2, 0.25) is 0 Å². The summed E-state index contributed by atoms with van der Waals surface area (Å²) >= 11 is 0. The van der Waals surface area contributed by atoms with Crippen molar-refractivity contribution in [2.24, 2.45) is 0 Å². The van der Waals surface area contributed by atoms with Gasteiger partial charge < -0.3 is 9.42 Å². The van der Waals surface area contributed by atoms with E-state index in [0.29, 0.717) is 42.6 Å². The molecule has 0 spiro atoms. The van der Waals surface area contributed by atoms with Gasteiger partial charge >= 0.3 is 0 Å². The average molecular weight is 441 g/mol. The first-order valence-electron chi connectivity index (χ1n) is 11.0. The first kappa shape index (κ1) is 20.8. The van der Waals surface area contributed by atoms with Gasteiger partial charge in [0.15, 0.2) is 11.6 Å². The van der Waals surface area contributed by atoms with E-state index >= 15 is 0 Å². The van der Waals surface area contributed by atoms with Gasteiger partial charge in [-0.25, -0.2) is 9.67 Å². The SMILES string of the molecule is CCc1noc(-c2ccnc(-n3ncc(C(=O)N4CC=C(c5ccccc5)CC4)c3C)c2)n1. The molecule has 1 amide bonds. The predicted molar refractivity (Wildman–Crippen MR) is 124 cm³/mol. The van der Waals surface area contributed by atoms with Crippen LogP contribution in [0.5, 0.6) is 0 Å². The number of aryl methyl sites for hydroxylation is 1. The van der Waals surface area contributed by atoms with E-state index in [4.69, 9.17) is 4.52 Å². The average Bonchev–Trinajstić information content (AvgIpc) is 3.51. The van der Waals surface area contributed by atoms with E-state index in [1.54, 1.807) is 17.1 Å². The minimum absolute atomic E-state index is 0.0252. The summed E-state index contributed by atoms with van der Waals surface area (Å²) in [5.74, 6) is 1.65. The molecule has 0 N–H and O–H groups in total. The number of benzene rings is 1. The van der Waals surface area contributed by atoms with Gasteiger partial charge in [0, 0.05) is 31.3 Å². The summed E-state index contributed by atoms with van der Waals surface area (Å²) in [6, 6.07) is 13.9. The Morgan fingerprint density at radius 3 is 2.73 bits per heavy atom. The van der Waals surface area contributed by atoms with Crippen molar-refractivity contribution < 1.29 is 9.32 Å². The van der Waals surface area contributed by atoms with Gasteiger partial charge in [0.25, 0.3) is 11.8 Å². The fourth-order valence-electron chi connectivity index (χ4n) is 3.97. The van der Waals surface area contributed by atoms with E-state index in [9.17, 15) is 4.79 Å². The molecule has 0 saturated heterocycles. The van der Waals surface area contributed by atoms with E-state index in [2.05, 4.69) is 38.4 Å². The van der Waals surface area contributed by atoms with Crippen LogP contribution < -0.4 is 0 Å². The minimum Gasteiger partial charge on any atom is -0.334 e. The van der Waals surface area contributed by atoms with Crippen molar-refractivity contribution in [3.8, 4) is 17.3 Å². The zero-order valence-corrected chi connectivity index (χ0v) is 18.6. The van der Waals surface area contributed by atoms with Crippen LogP contribution in [0.4, 0.5) is 0 Å². The molecule has 0 saturated carbocycles. The van der Waals surface area contributed by atoms with Gasteiger partial charge in [-0.2, -0.15) is 10.1 Å².